The number of hydrogen-bond donors (Lipinski definition) is 2. The average molecular weight is 643 g/mol. The van der Waals surface area contributed by atoms with Crippen LogP contribution in [0.5, 0.6) is 17.2 Å². The molecule has 2 unspecified atom stereocenters. The Morgan fingerprint density at radius 2 is 1.76 bits per heavy atom. The summed E-state index contributed by atoms with van der Waals surface area (Å²) in [4.78, 5) is 28.1. The number of carbonyl (C=O) groups is 1. The van der Waals surface area contributed by atoms with Gasteiger partial charge in [-0.1, -0.05) is 18.2 Å². The molecule has 1 saturated heterocycles. The molecule has 0 saturated carbocycles. The van der Waals surface area contributed by atoms with Crippen molar-refractivity contribution in [3.05, 3.63) is 106 Å². The number of nitrogens with zero attached hydrogens (tertiary/aromatic N) is 2. The summed E-state index contributed by atoms with van der Waals surface area (Å²) < 4.78 is 48.7. The van der Waals surface area contributed by atoms with Crippen molar-refractivity contribution >= 4 is 27.3 Å². The third-order valence-electron chi connectivity index (χ3n) is 8.73. The molecule has 11 nitrogen and oxygen atoms in total. The molecule has 3 aromatic carbocycles. The van der Waals surface area contributed by atoms with Crippen LogP contribution in [0, 0.1) is 5.92 Å². The van der Waals surface area contributed by atoms with Gasteiger partial charge in [0.05, 0.1) is 23.4 Å². The lowest BCUT2D eigenvalue weighted by Gasteiger charge is -2.44. The Morgan fingerprint density at radius 1 is 0.935 bits per heavy atom. The van der Waals surface area contributed by atoms with Gasteiger partial charge in [0.25, 0.3) is 21.5 Å². The largest absolute Gasteiger partial charge is 0.497 e. The Labute approximate surface area is 266 Å². The molecule has 3 aliphatic rings. The maximum Gasteiger partial charge on any atom is 0.262 e. The van der Waals surface area contributed by atoms with E-state index in [1.54, 1.807) is 43.5 Å². The van der Waals surface area contributed by atoms with Crippen LogP contribution >= 0.6 is 0 Å². The van der Waals surface area contributed by atoms with Gasteiger partial charge in [0.15, 0.2) is 11.5 Å². The van der Waals surface area contributed by atoms with Gasteiger partial charge < -0.3 is 29.0 Å². The van der Waals surface area contributed by atoms with Crippen LogP contribution in [-0.2, 0) is 23.1 Å². The van der Waals surface area contributed by atoms with Crippen molar-refractivity contribution in [1.82, 2.24) is 9.88 Å². The van der Waals surface area contributed by atoms with E-state index in [0.29, 0.717) is 61.3 Å². The van der Waals surface area contributed by atoms with E-state index in [1.807, 2.05) is 34.9 Å². The predicted octanol–water partition coefficient (Wildman–Crippen LogP) is 3.98. The SMILES string of the molecule is COc1cccc(CNC(=O)c2ccc(N3CC4CC(C3)c3cccc(=O)n3C4)c(NS(=O)(=O)c3ccc4c(c3)OCCO4)c2)c1. The van der Waals surface area contributed by atoms with Crippen molar-refractivity contribution in [3.8, 4) is 17.2 Å². The zero-order chi connectivity index (χ0) is 31.8. The number of sulfonamides is 1. The highest BCUT2D eigenvalue weighted by Crippen LogP contribution is 2.40. The number of carbonyl (C=O) groups excluding carboxylic acids is 1. The molecular weight excluding hydrogens is 608 g/mol. The molecule has 0 aliphatic carbocycles. The Bertz CT molecular complexity index is 1980. The monoisotopic (exact) mass is 642 g/mol. The van der Waals surface area contributed by atoms with Gasteiger partial charge in [-0.05, 0) is 66.4 Å². The number of rotatable bonds is 8. The fraction of sp³-hybridized carbons (Fsp3) is 0.294. The van der Waals surface area contributed by atoms with Gasteiger partial charge in [-0.25, -0.2) is 8.42 Å². The number of pyridine rings is 1. The summed E-state index contributed by atoms with van der Waals surface area (Å²) in [6.45, 7) is 2.82. The molecule has 2 bridgehead atoms. The average Bonchev–Trinajstić information content (AvgIpc) is 3.07. The van der Waals surface area contributed by atoms with E-state index < -0.39 is 10.0 Å². The molecular formula is C34H34N4O7S. The zero-order valence-electron chi connectivity index (χ0n) is 25.3. The molecule has 1 aromatic heterocycles. The number of amides is 1. The van der Waals surface area contributed by atoms with Crippen LogP contribution in [0.3, 0.4) is 0 Å². The Morgan fingerprint density at radius 3 is 2.61 bits per heavy atom. The number of nitrogens with one attached hydrogen (secondary N) is 2. The van der Waals surface area contributed by atoms with E-state index in [4.69, 9.17) is 14.2 Å². The van der Waals surface area contributed by atoms with Crippen LogP contribution in [0.15, 0.2) is 88.6 Å². The molecule has 4 heterocycles. The van der Waals surface area contributed by atoms with Crippen molar-refractivity contribution in [2.24, 2.45) is 5.92 Å². The second-order valence-corrected chi connectivity index (χ2v) is 13.5. The zero-order valence-corrected chi connectivity index (χ0v) is 26.1. The van der Waals surface area contributed by atoms with E-state index in [9.17, 15) is 18.0 Å². The van der Waals surface area contributed by atoms with Gasteiger partial charge in [0.1, 0.15) is 19.0 Å². The molecule has 238 valence electrons. The molecule has 12 heteroatoms. The lowest BCUT2D eigenvalue weighted by Crippen LogP contribution is -2.47. The van der Waals surface area contributed by atoms with E-state index in [2.05, 4.69) is 14.9 Å². The van der Waals surface area contributed by atoms with E-state index in [1.165, 1.54) is 12.1 Å². The minimum absolute atomic E-state index is 0.00200. The second-order valence-electron chi connectivity index (χ2n) is 11.8. The predicted molar refractivity (Wildman–Crippen MR) is 173 cm³/mol. The number of piperidine rings is 1. The first-order valence-electron chi connectivity index (χ1n) is 15.2. The summed E-state index contributed by atoms with van der Waals surface area (Å²) in [6, 6.07) is 22.4. The summed E-state index contributed by atoms with van der Waals surface area (Å²) >= 11 is 0. The van der Waals surface area contributed by atoms with Crippen molar-refractivity contribution in [2.75, 3.05) is 43.0 Å². The third kappa shape index (κ3) is 5.87. The highest BCUT2D eigenvalue weighted by atomic mass is 32.2. The van der Waals surface area contributed by atoms with Crippen molar-refractivity contribution in [1.29, 1.82) is 0 Å². The standard InChI is InChI=1S/C34H34N4O7S/c1-43-26-5-2-4-22(15-26)18-35-34(40)24-8-10-30(37-19-23-14-25(21-37)29-6-3-7-33(39)38(29)20-23)28(16-24)36-46(41,42)27-9-11-31-32(17-27)45-13-12-44-31/h2-11,15-17,23,25,36H,12-14,18-21H2,1H3,(H,35,40). The molecule has 7 rings (SSSR count). The Kier molecular flexibility index (Phi) is 7.81. The van der Waals surface area contributed by atoms with Gasteiger partial charge >= 0.3 is 0 Å². The van der Waals surface area contributed by atoms with Gasteiger partial charge in [-0.2, -0.15) is 0 Å². The summed E-state index contributed by atoms with van der Waals surface area (Å²) in [5, 5.41) is 2.92. The minimum atomic E-state index is -4.09. The Balaban J connectivity index is 1.20. The highest BCUT2D eigenvalue weighted by Gasteiger charge is 2.35. The number of benzene rings is 3. The van der Waals surface area contributed by atoms with E-state index >= 15 is 0 Å². The molecule has 3 aliphatic heterocycles. The maximum atomic E-state index is 13.8. The smallest absolute Gasteiger partial charge is 0.262 e. The van der Waals surface area contributed by atoms with E-state index in [0.717, 1.165) is 17.7 Å². The normalized spacial score (nSPS) is 18.3. The van der Waals surface area contributed by atoms with Gasteiger partial charge in [-0.15, -0.1) is 0 Å². The van der Waals surface area contributed by atoms with Crippen LogP contribution in [0.2, 0.25) is 0 Å². The molecule has 1 fully saturated rings. The first-order valence-corrected chi connectivity index (χ1v) is 16.7. The summed E-state index contributed by atoms with van der Waals surface area (Å²) in [5.41, 5.74) is 3.10. The second kappa shape index (κ2) is 12.1. The third-order valence-corrected chi connectivity index (χ3v) is 10.1. The van der Waals surface area contributed by atoms with Gasteiger partial charge in [0, 0.05) is 55.5 Å². The van der Waals surface area contributed by atoms with Crippen LogP contribution in [0.1, 0.15) is 34.0 Å². The van der Waals surface area contributed by atoms with Crippen LogP contribution in [0.25, 0.3) is 0 Å². The Hall–Kier alpha value is -4.97. The lowest BCUT2D eigenvalue weighted by molar-refractivity contribution is 0.0951. The molecule has 46 heavy (non-hydrogen) atoms. The quantitative estimate of drug-likeness (QED) is 0.296. The number of fused-ring (bicyclic) bond motifs is 5. The first-order chi connectivity index (χ1) is 22.3. The number of hydrogen-bond acceptors (Lipinski definition) is 8. The fourth-order valence-electron chi connectivity index (χ4n) is 6.59. The van der Waals surface area contributed by atoms with Crippen LogP contribution in [-0.4, -0.2) is 52.3 Å². The number of anilines is 2. The first kappa shape index (κ1) is 29.7. The lowest BCUT2D eigenvalue weighted by atomic mass is 9.83. The number of methoxy groups -OCH3 is 1. The van der Waals surface area contributed by atoms with Gasteiger partial charge in [0.2, 0.25) is 0 Å². The maximum absolute atomic E-state index is 13.8. The van der Waals surface area contributed by atoms with Crippen molar-refractivity contribution in [2.45, 2.75) is 30.3 Å². The van der Waals surface area contributed by atoms with Crippen molar-refractivity contribution < 1.29 is 27.4 Å². The van der Waals surface area contributed by atoms with Gasteiger partial charge in [-0.3, -0.25) is 14.3 Å². The van der Waals surface area contributed by atoms with Crippen LogP contribution in [0.4, 0.5) is 11.4 Å². The molecule has 0 radical (unpaired) electrons. The van der Waals surface area contributed by atoms with Crippen LogP contribution < -0.4 is 34.7 Å². The summed E-state index contributed by atoms with van der Waals surface area (Å²) in [5.74, 6) is 1.50. The minimum Gasteiger partial charge on any atom is -0.497 e. The van der Waals surface area contributed by atoms with Crippen molar-refractivity contribution in [3.63, 3.8) is 0 Å². The number of aromatic nitrogens is 1. The molecule has 1 amide bonds. The summed E-state index contributed by atoms with van der Waals surface area (Å²) in [6.07, 6.45) is 0.947. The number of ether oxygens (including phenoxy) is 3. The molecule has 2 N–H and O–H groups in total. The topological polar surface area (TPSA) is 128 Å². The van der Waals surface area contributed by atoms with E-state index in [-0.39, 0.29) is 40.4 Å². The summed E-state index contributed by atoms with van der Waals surface area (Å²) in [7, 11) is -2.51. The fourth-order valence-corrected chi connectivity index (χ4v) is 7.67. The molecule has 2 atom stereocenters. The molecule has 4 aromatic rings. The highest BCUT2D eigenvalue weighted by molar-refractivity contribution is 7.92. The molecule has 0 spiro atoms.